The van der Waals surface area contributed by atoms with Gasteiger partial charge in [-0.2, -0.15) is 5.26 Å². The number of fused-ring (bicyclic) bond motifs is 1. The molecule has 0 aromatic heterocycles. The van der Waals surface area contributed by atoms with E-state index in [1.54, 1.807) is 11.8 Å². The molecule has 1 unspecified atom stereocenters. The first-order chi connectivity index (χ1) is 7.13. The molecule has 78 valence electrons. The molecule has 2 rings (SSSR count). The molecule has 0 saturated heterocycles. The zero-order valence-electron chi connectivity index (χ0n) is 9.24. The van der Waals surface area contributed by atoms with Crippen LogP contribution in [0.3, 0.4) is 0 Å². The Hall–Kier alpha value is -1.14. The molecule has 0 N–H and O–H groups in total. The Bertz CT molecular complexity index is 434. The summed E-state index contributed by atoms with van der Waals surface area (Å²) in [5, 5.41) is 9.03. The van der Waals surface area contributed by atoms with Gasteiger partial charge in [-0.05, 0) is 31.0 Å². The maximum Gasteiger partial charge on any atom is 0.126 e. The molecule has 1 aliphatic rings. The number of nitriles is 1. The van der Waals surface area contributed by atoms with Crippen LogP contribution >= 0.6 is 11.8 Å². The lowest BCUT2D eigenvalue weighted by molar-refractivity contribution is 0.818. The van der Waals surface area contributed by atoms with Crippen molar-refractivity contribution in [2.45, 2.75) is 24.8 Å². The molecule has 0 bridgehead atoms. The van der Waals surface area contributed by atoms with Crippen LogP contribution in [0.2, 0.25) is 0 Å². The summed E-state index contributed by atoms with van der Waals surface area (Å²) in [4.78, 5) is 3.40. The quantitative estimate of drug-likeness (QED) is 0.670. The summed E-state index contributed by atoms with van der Waals surface area (Å²) in [6.45, 7) is 4.23. The minimum atomic E-state index is 0.00362. The van der Waals surface area contributed by atoms with Crippen molar-refractivity contribution in [3.63, 3.8) is 0 Å². The molecule has 1 aliphatic heterocycles. The average molecular weight is 218 g/mol. The number of nitrogens with zero attached hydrogens (tertiary/aromatic N) is 2. The zero-order valence-corrected chi connectivity index (χ0v) is 10.1. The Morgan fingerprint density at radius 2 is 2.20 bits per heavy atom. The molecular weight excluding hydrogens is 204 g/mol. The molecule has 0 saturated carbocycles. The fourth-order valence-corrected chi connectivity index (χ4v) is 3.39. The summed E-state index contributed by atoms with van der Waals surface area (Å²) in [6.07, 6.45) is 0. The van der Waals surface area contributed by atoms with Crippen molar-refractivity contribution in [3.05, 3.63) is 23.3 Å². The molecule has 1 heterocycles. The highest BCUT2D eigenvalue weighted by molar-refractivity contribution is 7.99. The first-order valence-electron chi connectivity index (χ1n) is 5.00. The molecule has 0 amide bonds. The van der Waals surface area contributed by atoms with Gasteiger partial charge in [0.25, 0.3) is 0 Å². The van der Waals surface area contributed by atoms with Crippen LogP contribution in [-0.4, -0.2) is 18.8 Å². The topological polar surface area (TPSA) is 27.0 Å². The summed E-state index contributed by atoms with van der Waals surface area (Å²) in [5.74, 6) is 0.864. The van der Waals surface area contributed by atoms with Crippen molar-refractivity contribution >= 4 is 17.4 Å². The molecule has 0 fully saturated rings. The average Bonchev–Trinajstić information content (AvgIpc) is 2.17. The van der Waals surface area contributed by atoms with Gasteiger partial charge in [-0.3, -0.25) is 0 Å². The SMILES string of the molecule is Cc1cc(C)c2c(c1)SCC(C#N)N2C. The van der Waals surface area contributed by atoms with Crippen LogP contribution in [0.5, 0.6) is 0 Å². The number of thioether (sulfide) groups is 1. The first-order valence-corrected chi connectivity index (χ1v) is 5.98. The van der Waals surface area contributed by atoms with Crippen LogP contribution < -0.4 is 4.90 Å². The van der Waals surface area contributed by atoms with Crippen LogP contribution in [0, 0.1) is 25.2 Å². The maximum absolute atomic E-state index is 9.03. The molecule has 1 atom stereocenters. The lowest BCUT2D eigenvalue weighted by Crippen LogP contribution is -2.35. The molecule has 3 heteroatoms. The minimum Gasteiger partial charge on any atom is -0.357 e. The smallest absolute Gasteiger partial charge is 0.126 e. The molecule has 15 heavy (non-hydrogen) atoms. The third-order valence-electron chi connectivity index (χ3n) is 2.78. The van der Waals surface area contributed by atoms with Gasteiger partial charge in [0.15, 0.2) is 0 Å². The van der Waals surface area contributed by atoms with Gasteiger partial charge in [-0.25, -0.2) is 0 Å². The third kappa shape index (κ3) is 1.70. The van der Waals surface area contributed by atoms with Gasteiger partial charge in [0, 0.05) is 17.7 Å². The van der Waals surface area contributed by atoms with Crippen molar-refractivity contribution in [3.8, 4) is 6.07 Å². The van der Waals surface area contributed by atoms with Crippen LogP contribution in [-0.2, 0) is 0 Å². The molecule has 1 aromatic rings. The van der Waals surface area contributed by atoms with E-state index in [0.29, 0.717) is 0 Å². The Morgan fingerprint density at radius 1 is 1.47 bits per heavy atom. The van der Waals surface area contributed by atoms with Gasteiger partial charge in [-0.1, -0.05) is 6.07 Å². The second kappa shape index (κ2) is 3.79. The highest BCUT2D eigenvalue weighted by atomic mass is 32.2. The predicted octanol–water partition coefficient (Wildman–Crippen LogP) is 2.74. The van der Waals surface area contributed by atoms with E-state index in [9.17, 15) is 0 Å². The van der Waals surface area contributed by atoms with E-state index in [1.165, 1.54) is 21.7 Å². The van der Waals surface area contributed by atoms with Gasteiger partial charge < -0.3 is 4.90 Å². The summed E-state index contributed by atoms with van der Waals surface area (Å²) in [7, 11) is 2.01. The molecule has 2 nitrogen and oxygen atoms in total. The Labute approximate surface area is 94.9 Å². The Kier molecular flexibility index (Phi) is 2.62. The van der Waals surface area contributed by atoms with Crippen molar-refractivity contribution in [1.29, 1.82) is 5.26 Å². The van der Waals surface area contributed by atoms with Crippen molar-refractivity contribution in [2.75, 3.05) is 17.7 Å². The van der Waals surface area contributed by atoms with E-state index in [0.717, 1.165) is 5.75 Å². The first kappa shape index (κ1) is 10.4. The van der Waals surface area contributed by atoms with Gasteiger partial charge >= 0.3 is 0 Å². The zero-order chi connectivity index (χ0) is 11.0. The normalized spacial score (nSPS) is 19.6. The largest absolute Gasteiger partial charge is 0.357 e. The standard InChI is InChI=1S/C12H14N2S/c1-8-4-9(2)12-11(5-8)15-7-10(6-13)14(12)3/h4-5,10H,7H2,1-3H3. The lowest BCUT2D eigenvalue weighted by atomic mass is 10.1. The summed E-state index contributed by atoms with van der Waals surface area (Å²) < 4.78 is 0. The van der Waals surface area contributed by atoms with Crippen molar-refractivity contribution < 1.29 is 0 Å². The molecular formula is C12H14N2S. The van der Waals surface area contributed by atoms with E-state index in [2.05, 4.69) is 36.9 Å². The van der Waals surface area contributed by atoms with Gasteiger partial charge in [-0.15, -0.1) is 11.8 Å². The van der Waals surface area contributed by atoms with Crippen LogP contribution in [0.25, 0.3) is 0 Å². The number of rotatable bonds is 0. The van der Waals surface area contributed by atoms with Gasteiger partial charge in [0.1, 0.15) is 6.04 Å². The molecule has 1 aromatic carbocycles. The summed E-state index contributed by atoms with van der Waals surface area (Å²) in [6, 6.07) is 6.73. The second-order valence-corrected chi connectivity index (χ2v) is 5.06. The van der Waals surface area contributed by atoms with Crippen LogP contribution in [0.4, 0.5) is 5.69 Å². The number of aryl methyl sites for hydroxylation is 2. The van der Waals surface area contributed by atoms with E-state index in [4.69, 9.17) is 5.26 Å². The lowest BCUT2D eigenvalue weighted by Gasteiger charge is -2.33. The van der Waals surface area contributed by atoms with Crippen molar-refractivity contribution in [2.24, 2.45) is 0 Å². The summed E-state index contributed by atoms with van der Waals surface area (Å²) >= 11 is 1.79. The van der Waals surface area contributed by atoms with E-state index >= 15 is 0 Å². The van der Waals surface area contributed by atoms with E-state index in [-0.39, 0.29) is 6.04 Å². The predicted molar refractivity (Wildman–Crippen MR) is 64.4 cm³/mol. The summed E-state index contributed by atoms with van der Waals surface area (Å²) in [5.41, 5.74) is 3.78. The number of benzene rings is 1. The Balaban J connectivity index is 2.52. The van der Waals surface area contributed by atoms with Crippen molar-refractivity contribution in [1.82, 2.24) is 0 Å². The number of hydrogen-bond acceptors (Lipinski definition) is 3. The monoisotopic (exact) mass is 218 g/mol. The van der Waals surface area contributed by atoms with Gasteiger partial charge in [0.05, 0.1) is 11.8 Å². The fourth-order valence-electron chi connectivity index (χ4n) is 2.04. The number of hydrogen-bond donors (Lipinski definition) is 0. The van der Waals surface area contributed by atoms with Gasteiger partial charge in [0.2, 0.25) is 0 Å². The highest BCUT2D eigenvalue weighted by Crippen LogP contribution is 2.39. The highest BCUT2D eigenvalue weighted by Gasteiger charge is 2.25. The second-order valence-electron chi connectivity index (χ2n) is 4.00. The molecule has 0 radical (unpaired) electrons. The third-order valence-corrected chi connectivity index (χ3v) is 3.88. The van der Waals surface area contributed by atoms with Crippen LogP contribution in [0.1, 0.15) is 11.1 Å². The fraction of sp³-hybridized carbons (Fsp3) is 0.417. The van der Waals surface area contributed by atoms with E-state index < -0.39 is 0 Å². The number of anilines is 1. The minimum absolute atomic E-state index is 0.00362. The van der Waals surface area contributed by atoms with E-state index in [1.807, 2.05) is 7.05 Å². The molecule has 0 aliphatic carbocycles. The Morgan fingerprint density at radius 3 is 2.87 bits per heavy atom. The molecule has 0 spiro atoms. The van der Waals surface area contributed by atoms with Crippen LogP contribution in [0.15, 0.2) is 17.0 Å². The maximum atomic E-state index is 9.03.